The topological polar surface area (TPSA) is 8.17 Å². The number of aromatic nitrogens is 1. The first-order valence-corrected chi connectivity index (χ1v) is 17.5. The van der Waals surface area contributed by atoms with Crippen LogP contribution in [0.25, 0.3) is 69.6 Å². The molecule has 0 spiro atoms. The summed E-state index contributed by atoms with van der Waals surface area (Å²) in [6, 6.07) is 66.2. The summed E-state index contributed by atoms with van der Waals surface area (Å²) in [5.41, 5.74) is 9.43. The van der Waals surface area contributed by atoms with Gasteiger partial charge in [0.15, 0.2) is 0 Å². The lowest BCUT2D eigenvalue weighted by molar-refractivity contribution is 1.18. The summed E-state index contributed by atoms with van der Waals surface area (Å²) < 4.78 is 5.01. The van der Waals surface area contributed by atoms with Gasteiger partial charge < -0.3 is 9.47 Å². The highest BCUT2D eigenvalue weighted by atomic mass is 32.1. The summed E-state index contributed by atoms with van der Waals surface area (Å²) in [4.78, 5) is 2.39. The van der Waals surface area contributed by atoms with Gasteiger partial charge in [0.05, 0.1) is 11.0 Å². The molecule has 2 nitrogen and oxygen atoms in total. The predicted molar refractivity (Wildman–Crippen MR) is 211 cm³/mol. The van der Waals surface area contributed by atoms with E-state index in [1.54, 1.807) is 0 Å². The maximum absolute atomic E-state index is 2.39. The third kappa shape index (κ3) is 4.55. The smallest absolute Gasteiger partial charge is 0.0547 e. The summed E-state index contributed by atoms with van der Waals surface area (Å²) in [5, 5.41) is 7.60. The molecule has 230 valence electrons. The second-order valence-corrected chi connectivity index (χ2v) is 13.7. The molecule has 2 aromatic heterocycles. The molecule has 0 aliphatic heterocycles. The van der Waals surface area contributed by atoms with Gasteiger partial charge in [0.25, 0.3) is 0 Å². The second kappa shape index (κ2) is 11.2. The Labute approximate surface area is 288 Å². The molecular weight excluding hydrogens is 613 g/mol. The first kappa shape index (κ1) is 27.9. The van der Waals surface area contributed by atoms with Crippen LogP contribution in [-0.2, 0) is 0 Å². The van der Waals surface area contributed by atoms with Gasteiger partial charge in [0, 0.05) is 53.7 Å². The number of nitrogens with zero attached hydrogens (tertiary/aromatic N) is 2. The number of thiophene rings is 1. The molecule has 0 bridgehead atoms. The van der Waals surface area contributed by atoms with Crippen LogP contribution in [0, 0.1) is 0 Å². The highest BCUT2D eigenvalue weighted by Crippen LogP contribution is 2.43. The van der Waals surface area contributed by atoms with Crippen LogP contribution in [-0.4, -0.2) is 4.57 Å². The Morgan fingerprint density at radius 2 is 1.06 bits per heavy atom. The molecule has 0 fully saturated rings. The van der Waals surface area contributed by atoms with Gasteiger partial charge in [-0.2, -0.15) is 0 Å². The molecule has 10 aromatic rings. The van der Waals surface area contributed by atoms with E-state index in [9.17, 15) is 0 Å². The van der Waals surface area contributed by atoms with Crippen molar-refractivity contribution in [3.05, 3.63) is 182 Å². The van der Waals surface area contributed by atoms with Crippen LogP contribution in [0.15, 0.2) is 182 Å². The van der Waals surface area contributed by atoms with Crippen molar-refractivity contribution in [2.45, 2.75) is 0 Å². The molecule has 0 amide bonds. The SMILES string of the molecule is c1ccc(-n2c3ccccc3c3c(-c4ccc(N(c5ccc6ccccc6c5)c5ccc6sc7ccccc7c6c5)cc4)cccc32)cc1. The molecule has 8 aromatic carbocycles. The van der Waals surface area contributed by atoms with Crippen LogP contribution in [0.1, 0.15) is 0 Å². The Bertz CT molecular complexity index is 2830. The maximum Gasteiger partial charge on any atom is 0.0547 e. The molecule has 0 unspecified atom stereocenters. The highest BCUT2D eigenvalue weighted by Gasteiger charge is 2.18. The van der Waals surface area contributed by atoms with Crippen molar-refractivity contribution in [1.29, 1.82) is 0 Å². The molecule has 0 aliphatic carbocycles. The van der Waals surface area contributed by atoms with E-state index in [4.69, 9.17) is 0 Å². The van der Waals surface area contributed by atoms with E-state index >= 15 is 0 Å². The maximum atomic E-state index is 2.39. The van der Waals surface area contributed by atoms with Crippen molar-refractivity contribution < 1.29 is 0 Å². The number of para-hydroxylation sites is 2. The summed E-state index contributed by atoms with van der Waals surface area (Å²) in [5.74, 6) is 0. The Morgan fingerprint density at radius 1 is 0.408 bits per heavy atom. The average Bonchev–Trinajstić information content (AvgIpc) is 3.71. The minimum absolute atomic E-state index is 1.12. The van der Waals surface area contributed by atoms with Crippen molar-refractivity contribution in [3.8, 4) is 16.8 Å². The molecule has 2 heterocycles. The lowest BCUT2D eigenvalue weighted by Crippen LogP contribution is -2.09. The molecule has 49 heavy (non-hydrogen) atoms. The molecule has 3 heteroatoms. The molecule has 0 saturated carbocycles. The Morgan fingerprint density at radius 3 is 1.94 bits per heavy atom. The third-order valence-electron chi connectivity index (χ3n) is 9.76. The predicted octanol–water partition coefficient (Wildman–Crippen LogP) is 13.4. The number of fused-ring (bicyclic) bond motifs is 7. The van der Waals surface area contributed by atoms with Gasteiger partial charge in [-0.1, -0.05) is 109 Å². The Kier molecular flexibility index (Phi) is 6.39. The van der Waals surface area contributed by atoms with Gasteiger partial charge in [0.1, 0.15) is 0 Å². The largest absolute Gasteiger partial charge is 0.310 e. The van der Waals surface area contributed by atoms with Gasteiger partial charge in [-0.15, -0.1) is 11.3 Å². The highest BCUT2D eigenvalue weighted by molar-refractivity contribution is 7.25. The molecule has 10 rings (SSSR count). The van der Waals surface area contributed by atoms with Crippen molar-refractivity contribution in [1.82, 2.24) is 4.57 Å². The fraction of sp³-hybridized carbons (Fsp3) is 0. The lowest BCUT2D eigenvalue weighted by Gasteiger charge is -2.26. The van der Waals surface area contributed by atoms with Crippen molar-refractivity contribution in [2.24, 2.45) is 0 Å². The van der Waals surface area contributed by atoms with E-state index in [2.05, 4.69) is 191 Å². The van der Waals surface area contributed by atoms with Crippen LogP contribution in [0.3, 0.4) is 0 Å². The summed E-state index contributed by atoms with van der Waals surface area (Å²) in [6.45, 7) is 0. The Hall–Kier alpha value is -6.16. The van der Waals surface area contributed by atoms with Crippen LogP contribution >= 0.6 is 11.3 Å². The van der Waals surface area contributed by atoms with E-state index in [1.807, 2.05) is 11.3 Å². The van der Waals surface area contributed by atoms with Gasteiger partial charge in [-0.05, 0) is 94.7 Å². The summed E-state index contributed by atoms with van der Waals surface area (Å²) in [6.07, 6.45) is 0. The van der Waals surface area contributed by atoms with E-state index in [0.29, 0.717) is 0 Å². The fourth-order valence-corrected chi connectivity index (χ4v) is 8.61. The standard InChI is InChI=1S/C46H30N2S/c1-2-13-34(14-3-1)48-42-18-8-6-16-40(42)46-38(17-10-19-43(46)48)32-22-24-35(25-23-32)47(36-26-21-31-11-4-5-12-33(31)29-36)37-27-28-45-41(30-37)39-15-7-9-20-44(39)49-45/h1-30H. The zero-order chi connectivity index (χ0) is 32.3. The van der Waals surface area contributed by atoms with Crippen molar-refractivity contribution >= 4 is 81.1 Å². The minimum Gasteiger partial charge on any atom is -0.310 e. The minimum atomic E-state index is 1.12. The van der Waals surface area contributed by atoms with Crippen LogP contribution in [0.2, 0.25) is 0 Å². The second-order valence-electron chi connectivity index (χ2n) is 12.6. The zero-order valence-electron chi connectivity index (χ0n) is 26.6. The van der Waals surface area contributed by atoms with Crippen molar-refractivity contribution in [2.75, 3.05) is 4.90 Å². The molecule has 0 radical (unpaired) electrons. The Balaban J connectivity index is 1.14. The third-order valence-corrected chi connectivity index (χ3v) is 10.9. The first-order valence-electron chi connectivity index (χ1n) is 16.7. The zero-order valence-corrected chi connectivity index (χ0v) is 27.4. The number of hydrogen-bond acceptors (Lipinski definition) is 2. The van der Waals surface area contributed by atoms with Gasteiger partial charge in [-0.25, -0.2) is 0 Å². The molecular formula is C46H30N2S. The number of hydrogen-bond donors (Lipinski definition) is 0. The van der Waals surface area contributed by atoms with E-state index in [1.165, 1.54) is 69.6 Å². The summed E-state index contributed by atoms with van der Waals surface area (Å²) in [7, 11) is 0. The summed E-state index contributed by atoms with van der Waals surface area (Å²) >= 11 is 1.86. The van der Waals surface area contributed by atoms with Crippen LogP contribution < -0.4 is 4.90 Å². The quantitative estimate of drug-likeness (QED) is 0.181. The fourth-order valence-electron chi connectivity index (χ4n) is 7.52. The molecule has 0 atom stereocenters. The van der Waals surface area contributed by atoms with E-state index < -0.39 is 0 Å². The van der Waals surface area contributed by atoms with Crippen LogP contribution in [0.5, 0.6) is 0 Å². The van der Waals surface area contributed by atoms with E-state index in [0.717, 1.165) is 17.1 Å². The molecule has 0 aliphatic rings. The molecule has 0 N–H and O–H groups in total. The van der Waals surface area contributed by atoms with Gasteiger partial charge >= 0.3 is 0 Å². The van der Waals surface area contributed by atoms with Crippen molar-refractivity contribution in [3.63, 3.8) is 0 Å². The number of rotatable bonds is 5. The first-order chi connectivity index (χ1) is 24.3. The lowest BCUT2D eigenvalue weighted by atomic mass is 9.99. The number of anilines is 3. The van der Waals surface area contributed by atoms with E-state index in [-0.39, 0.29) is 0 Å². The molecule has 0 saturated heterocycles. The average molecular weight is 643 g/mol. The van der Waals surface area contributed by atoms with Gasteiger partial charge in [-0.3, -0.25) is 0 Å². The monoisotopic (exact) mass is 642 g/mol. The van der Waals surface area contributed by atoms with Gasteiger partial charge in [0.2, 0.25) is 0 Å². The number of benzene rings is 8. The normalized spacial score (nSPS) is 11.7. The van der Waals surface area contributed by atoms with Crippen LogP contribution in [0.4, 0.5) is 17.1 Å².